The Labute approximate surface area is 158 Å². The highest BCUT2D eigenvalue weighted by molar-refractivity contribution is 7.80. The largest absolute Gasteiger partial charge is 0.347 e. The number of anilines is 2. The zero-order valence-corrected chi connectivity index (χ0v) is 15.8. The molecular weight excluding hydrogens is 347 g/mol. The number of fused-ring (bicyclic) bond motifs is 1. The van der Waals surface area contributed by atoms with E-state index in [0.717, 1.165) is 5.70 Å². The molecule has 0 amide bonds. The third kappa shape index (κ3) is 3.46. The van der Waals surface area contributed by atoms with Crippen LogP contribution in [0, 0.1) is 5.82 Å². The van der Waals surface area contributed by atoms with Gasteiger partial charge in [-0.2, -0.15) is 5.10 Å². The van der Waals surface area contributed by atoms with Crippen LogP contribution in [-0.4, -0.2) is 18.4 Å². The zero-order chi connectivity index (χ0) is 18.7. The highest BCUT2D eigenvalue weighted by Crippen LogP contribution is 2.46. The van der Waals surface area contributed by atoms with Crippen molar-refractivity contribution in [1.29, 1.82) is 0 Å². The number of nitrogens with zero attached hydrogens (tertiary/aromatic N) is 2. The number of benzene rings is 2. The van der Waals surface area contributed by atoms with Gasteiger partial charge in [0.1, 0.15) is 5.82 Å². The maximum atomic E-state index is 13.6. The number of hydrazone groups is 1. The van der Waals surface area contributed by atoms with Crippen LogP contribution < -0.4 is 15.6 Å². The molecule has 0 unspecified atom stereocenters. The fourth-order valence-electron chi connectivity index (χ4n) is 3.22. The smallest absolute Gasteiger partial charge is 0.191 e. The molecule has 4 nitrogen and oxygen atoms in total. The molecule has 1 heterocycles. The number of nitrogens with one attached hydrogen (secondary N) is 2. The maximum absolute atomic E-state index is 13.6. The number of rotatable bonds is 3. The van der Waals surface area contributed by atoms with Gasteiger partial charge < -0.3 is 10.2 Å². The highest BCUT2D eigenvalue weighted by atomic mass is 32.1. The SMILES string of the molecule is CN1/C(=C\C=N/NC(=S)Nc2ccccc2F)C(C)(C)c2ccccc21. The van der Waals surface area contributed by atoms with Crippen LogP contribution in [-0.2, 0) is 5.41 Å². The predicted octanol–water partition coefficient (Wildman–Crippen LogP) is 4.41. The molecule has 0 atom stereocenters. The molecule has 134 valence electrons. The highest BCUT2D eigenvalue weighted by Gasteiger charge is 2.37. The van der Waals surface area contributed by atoms with Crippen LogP contribution in [0.15, 0.2) is 65.4 Å². The summed E-state index contributed by atoms with van der Waals surface area (Å²) in [7, 11) is 2.05. The van der Waals surface area contributed by atoms with Crippen LogP contribution in [0.3, 0.4) is 0 Å². The first-order chi connectivity index (χ1) is 12.4. The van der Waals surface area contributed by atoms with Crippen molar-refractivity contribution in [2.75, 3.05) is 17.3 Å². The lowest BCUT2D eigenvalue weighted by Gasteiger charge is -2.23. The van der Waals surface area contributed by atoms with Gasteiger partial charge >= 0.3 is 0 Å². The Morgan fingerprint density at radius 3 is 2.58 bits per heavy atom. The molecule has 2 N–H and O–H groups in total. The number of halogens is 1. The normalized spacial score (nSPS) is 16.8. The van der Waals surface area contributed by atoms with Crippen molar-refractivity contribution in [3.05, 3.63) is 71.7 Å². The molecule has 3 rings (SSSR count). The first-order valence-corrected chi connectivity index (χ1v) is 8.70. The molecule has 0 saturated heterocycles. The maximum Gasteiger partial charge on any atom is 0.191 e. The third-order valence-corrected chi connectivity index (χ3v) is 4.73. The number of hydrogen-bond donors (Lipinski definition) is 2. The second-order valence-corrected chi connectivity index (χ2v) is 6.99. The van der Waals surface area contributed by atoms with E-state index in [9.17, 15) is 4.39 Å². The Bertz CT molecular complexity index is 889. The van der Waals surface area contributed by atoms with Crippen molar-refractivity contribution < 1.29 is 4.39 Å². The molecule has 0 aromatic heterocycles. The van der Waals surface area contributed by atoms with Crippen LogP contribution in [0.5, 0.6) is 0 Å². The van der Waals surface area contributed by atoms with Crippen molar-refractivity contribution in [2.45, 2.75) is 19.3 Å². The second kappa shape index (κ2) is 7.25. The van der Waals surface area contributed by atoms with E-state index in [1.807, 2.05) is 19.2 Å². The first kappa shape index (κ1) is 18.1. The summed E-state index contributed by atoms with van der Waals surface area (Å²) >= 11 is 5.14. The van der Waals surface area contributed by atoms with Crippen molar-refractivity contribution in [2.24, 2.45) is 5.10 Å². The predicted molar refractivity (Wildman–Crippen MR) is 110 cm³/mol. The standard InChI is InChI=1S/C20H21FN4S/c1-20(2)14-8-4-7-11-17(14)25(3)18(20)12-13-22-24-19(26)23-16-10-6-5-9-15(16)21/h4-13H,1-3H3,(H2,23,24,26)/b18-12-,22-13-. The van der Waals surface area contributed by atoms with Crippen LogP contribution in [0.2, 0.25) is 0 Å². The lowest BCUT2D eigenvalue weighted by Crippen LogP contribution is -2.25. The topological polar surface area (TPSA) is 39.7 Å². The summed E-state index contributed by atoms with van der Waals surface area (Å²) in [4.78, 5) is 2.16. The van der Waals surface area contributed by atoms with Gasteiger partial charge in [0.05, 0.1) is 5.69 Å². The lowest BCUT2D eigenvalue weighted by atomic mass is 9.84. The zero-order valence-electron chi connectivity index (χ0n) is 15.0. The monoisotopic (exact) mass is 368 g/mol. The van der Waals surface area contributed by atoms with Gasteiger partial charge in [0, 0.05) is 30.1 Å². The summed E-state index contributed by atoms with van der Waals surface area (Å²) in [5.41, 5.74) is 6.53. The van der Waals surface area contributed by atoms with E-state index in [0.29, 0.717) is 5.69 Å². The van der Waals surface area contributed by atoms with Gasteiger partial charge in [-0.15, -0.1) is 0 Å². The summed E-state index contributed by atoms with van der Waals surface area (Å²) in [5, 5.41) is 7.13. The number of allylic oxidation sites excluding steroid dienone is 2. The van der Waals surface area contributed by atoms with Gasteiger partial charge in [-0.25, -0.2) is 4.39 Å². The van der Waals surface area contributed by atoms with Gasteiger partial charge in [0.25, 0.3) is 0 Å². The Morgan fingerprint density at radius 1 is 1.15 bits per heavy atom. The molecule has 26 heavy (non-hydrogen) atoms. The van der Waals surface area contributed by atoms with Crippen LogP contribution >= 0.6 is 12.2 Å². The molecule has 0 fully saturated rings. The van der Waals surface area contributed by atoms with E-state index in [1.165, 1.54) is 17.3 Å². The van der Waals surface area contributed by atoms with Crippen LogP contribution in [0.1, 0.15) is 19.4 Å². The minimum atomic E-state index is -0.366. The number of para-hydroxylation sites is 2. The van der Waals surface area contributed by atoms with Crippen LogP contribution in [0.25, 0.3) is 0 Å². The van der Waals surface area contributed by atoms with E-state index in [1.54, 1.807) is 24.4 Å². The summed E-state index contributed by atoms with van der Waals surface area (Å²) in [5.74, 6) is -0.366. The average Bonchev–Trinajstić information content (AvgIpc) is 2.81. The number of hydrogen-bond acceptors (Lipinski definition) is 3. The van der Waals surface area contributed by atoms with Crippen LogP contribution in [0.4, 0.5) is 15.8 Å². The minimum Gasteiger partial charge on any atom is -0.347 e. The molecule has 0 bridgehead atoms. The number of thiocarbonyl (C=S) groups is 1. The van der Waals surface area contributed by atoms with Crippen molar-refractivity contribution in [1.82, 2.24) is 5.43 Å². The summed E-state index contributed by atoms with van der Waals surface area (Å²) in [6.45, 7) is 4.37. The molecular formula is C20H21FN4S. The minimum absolute atomic E-state index is 0.108. The van der Waals surface area contributed by atoms with Gasteiger partial charge in [-0.3, -0.25) is 5.43 Å². The van der Waals surface area contributed by atoms with Gasteiger partial charge in [0.15, 0.2) is 5.11 Å². The fourth-order valence-corrected chi connectivity index (χ4v) is 3.38. The molecule has 0 spiro atoms. The lowest BCUT2D eigenvalue weighted by molar-refractivity contribution is 0.632. The van der Waals surface area contributed by atoms with E-state index >= 15 is 0 Å². The van der Waals surface area contributed by atoms with Gasteiger partial charge in [-0.1, -0.05) is 44.2 Å². The average molecular weight is 368 g/mol. The molecule has 2 aromatic carbocycles. The molecule has 6 heteroatoms. The quantitative estimate of drug-likeness (QED) is 0.478. The summed E-state index contributed by atoms with van der Waals surface area (Å²) < 4.78 is 13.6. The summed E-state index contributed by atoms with van der Waals surface area (Å²) in [6.07, 6.45) is 3.62. The van der Waals surface area contributed by atoms with Crippen molar-refractivity contribution in [3.8, 4) is 0 Å². The Hall–Kier alpha value is -2.73. The van der Waals surface area contributed by atoms with Crippen molar-refractivity contribution >= 4 is 34.9 Å². The molecule has 0 radical (unpaired) electrons. The van der Waals surface area contributed by atoms with Crippen molar-refractivity contribution in [3.63, 3.8) is 0 Å². The third-order valence-electron chi connectivity index (χ3n) is 4.54. The summed E-state index contributed by atoms with van der Waals surface area (Å²) in [6, 6.07) is 14.7. The van der Waals surface area contributed by atoms with E-state index in [4.69, 9.17) is 12.2 Å². The molecule has 2 aromatic rings. The molecule has 0 aliphatic carbocycles. The van der Waals surface area contributed by atoms with E-state index in [2.05, 4.69) is 52.8 Å². The first-order valence-electron chi connectivity index (χ1n) is 8.30. The molecule has 1 aliphatic rings. The second-order valence-electron chi connectivity index (χ2n) is 6.58. The Balaban J connectivity index is 1.67. The van der Waals surface area contributed by atoms with Gasteiger partial charge in [-0.05, 0) is 42.1 Å². The Kier molecular flexibility index (Phi) is 5.04. The molecule has 0 saturated carbocycles. The Morgan fingerprint density at radius 2 is 1.85 bits per heavy atom. The van der Waals surface area contributed by atoms with E-state index in [-0.39, 0.29) is 16.3 Å². The fraction of sp³-hybridized carbons (Fsp3) is 0.200. The number of likely N-dealkylation sites (N-methyl/N-ethyl adjacent to an activating group) is 1. The molecule has 1 aliphatic heterocycles. The van der Waals surface area contributed by atoms with E-state index < -0.39 is 0 Å². The van der Waals surface area contributed by atoms with Gasteiger partial charge in [0.2, 0.25) is 0 Å².